The Labute approximate surface area is 177 Å². The van der Waals surface area contributed by atoms with Gasteiger partial charge in [0.1, 0.15) is 11.5 Å². The van der Waals surface area contributed by atoms with Gasteiger partial charge in [-0.1, -0.05) is 41.3 Å². The van der Waals surface area contributed by atoms with E-state index in [2.05, 4.69) is 20.8 Å². The number of carbonyl (C=O) groups is 1. The van der Waals surface area contributed by atoms with E-state index >= 15 is 0 Å². The molecule has 1 heterocycles. The number of thioether (sulfide) groups is 1. The van der Waals surface area contributed by atoms with Crippen molar-refractivity contribution < 1.29 is 14.3 Å². The molecule has 0 saturated heterocycles. The monoisotopic (exact) mass is 430 g/mol. The van der Waals surface area contributed by atoms with Crippen LogP contribution < -0.4 is 20.1 Å². The minimum Gasteiger partial charge on any atom is -0.497 e. The maximum absolute atomic E-state index is 12.3. The van der Waals surface area contributed by atoms with Crippen LogP contribution in [0, 0.1) is 13.8 Å². The number of rotatable bonds is 8. The van der Waals surface area contributed by atoms with Crippen LogP contribution in [0.5, 0.6) is 11.5 Å². The summed E-state index contributed by atoms with van der Waals surface area (Å²) in [5.41, 5.74) is 3.67. The van der Waals surface area contributed by atoms with Crippen molar-refractivity contribution in [3.05, 3.63) is 47.5 Å². The van der Waals surface area contributed by atoms with Crippen LogP contribution in [-0.2, 0) is 4.79 Å². The molecule has 1 aromatic heterocycles. The zero-order valence-corrected chi connectivity index (χ0v) is 18.2. The van der Waals surface area contributed by atoms with Gasteiger partial charge < -0.3 is 20.1 Å². The molecule has 0 unspecified atom stereocenters. The van der Waals surface area contributed by atoms with Crippen LogP contribution in [0.4, 0.5) is 16.5 Å². The summed E-state index contributed by atoms with van der Waals surface area (Å²) in [5.74, 6) is 1.55. The lowest BCUT2D eigenvalue weighted by atomic mass is 10.1. The zero-order chi connectivity index (χ0) is 20.8. The molecule has 0 aliphatic carbocycles. The first-order chi connectivity index (χ1) is 14.0. The van der Waals surface area contributed by atoms with Crippen LogP contribution in [0.25, 0.3) is 0 Å². The number of aromatic nitrogens is 2. The molecule has 0 bridgehead atoms. The Morgan fingerprint density at radius 2 is 1.86 bits per heavy atom. The Bertz CT molecular complexity index is 987. The lowest BCUT2D eigenvalue weighted by Gasteiger charge is -2.10. The second-order valence-corrected chi connectivity index (χ2v) is 8.37. The third kappa shape index (κ3) is 5.39. The van der Waals surface area contributed by atoms with E-state index in [1.807, 2.05) is 50.2 Å². The number of hydrogen-bond acceptors (Lipinski definition) is 8. The van der Waals surface area contributed by atoms with E-state index < -0.39 is 0 Å². The number of ether oxygens (including phenoxy) is 2. The maximum Gasteiger partial charge on any atom is 0.234 e. The van der Waals surface area contributed by atoms with Crippen LogP contribution in [0.15, 0.2) is 40.7 Å². The molecule has 9 heteroatoms. The van der Waals surface area contributed by atoms with Gasteiger partial charge in [0.2, 0.25) is 11.0 Å². The van der Waals surface area contributed by atoms with Crippen LogP contribution in [0.3, 0.4) is 0 Å². The van der Waals surface area contributed by atoms with E-state index in [1.54, 1.807) is 14.2 Å². The number of nitrogens with one attached hydrogen (secondary N) is 2. The summed E-state index contributed by atoms with van der Waals surface area (Å²) in [4.78, 5) is 12.3. The van der Waals surface area contributed by atoms with Gasteiger partial charge >= 0.3 is 0 Å². The number of para-hydroxylation sites is 1. The molecule has 0 spiro atoms. The van der Waals surface area contributed by atoms with E-state index in [0.29, 0.717) is 21.0 Å². The summed E-state index contributed by atoms with van der Waals surface area (Å²) in [6, 6.07) is 11.4. The molecule has 2 N–H and O–H groups in total. The molecule has 3 rings (SSSR count). The third-order valence-corrected chi connectivity index (χ3v) is 6.10. The van der Waals surface area contributed by atoms with E-state index in [-0.39, 0.29) is 11.7 Å². The van der Waals surface area contributed by atoms with Gasteiger partial charge in [0.05, 0.1) is 25.7 Å². The minimum atomic E-state index is -0.0772. The van der Waals surface area contributed by atoms with Gasteiger partial charge in [-0.15, -0.1) is 10.2 Å². The molecule has 29 heavy (non-hydrogen) atoms. The number of nitrogens with zero attached hydrogens (tertiary/aromatic N) is 2. The summed E-state index contributed by atoms with van der Waals surface area (Å²) in [5, 5.41) is 15.0. The number of benzene rings is 2. The first-order valence-electron chi connectivity index (χ1n) is 8.81. The number of carbonyl (C=O) groups excluding carboxylic acids is 1. The summed E-state index contributed by atoms with van der Waals surface area (Å²) in [7, 11) is 3.21. The fourth-order valence-corrected chi connectivity index (χ4v) is 4.22. The molecule has 0 aliphatic heterocycles. The van der Waals surface area contributed by atoms with Crippen LogP contribution >= 0.6 is 23.1 Å². The van der Waals surface area contributed by atoms with Gasteiger partial charge in [0, 0.05) is 11.8 Å². The molecular weight excluding hydrogens is 408 g/mol. The standard InChI is InChI=1S/C20H22N4O3S2/c1-12-6-5-7-13(2)18(12)22-17(25)11-28-20-24-23-19(29-20)21-15-10-14(26-3)8-9-16(15)27-4/h5-10H,11H2,1-4H3,(H,21,23)(H,22,25). The highest BCUT2D eigenvalue weighted by Crippen LogP contribution is 2.34. The smallest absolute Gasteiger partial charge is 0.234 e. The van der Waals surface area contributed by atoms with Gasteiger partial charge in [-0.3, -0.25) is 4.79 Å². The molecule has 152 valence electrons. The Morgan fingerprint density at radius 3 is 2.55 bits per heavy atom. The quantitative estimate of drug-likeness (QED) is 0.503. The Hall–Kier alpha value is -2.78. The van der Waals surface area contributed by atoms with Crippen molar-refractivity contribution in [3.8, 4) is 11.5 Å². The minimum absolute atomic E-state index is 0.0772. The number of hydrogen-bond donors (Lipinski definition) is 2. The van der Waals surface area contributed by atoms with Gasteiger partial charge in [0.15, 0.2) is 4.34 Å². The topological polar surface area (TPSA) is 85.4 Å². The highest BCUT2D eigenvalue weighted by atomic mass is 32.2. The lowest BCUT2D eigenvalue weighted by molar-refractivity contribution is -0.113. The molecule has 7 nitrogen and oxygen atoms in total. The highest BCUT2D eigenvalue weighted by molar-refractivity contribution is 8.01. The van der Waals surface area contributed by atoms with Gasteiger partial charge in [-0.25, -0.2) is 0 Å². The fourth-order valence-electron chi connectivity index (χ4n) is 2.66. The van der Waals surface area contributed by atoms with E-state index in [1.165, 1.54) is 23.1 Å². The van der Waals surface area contributed by atoms with Crippen LogP contribution in [0.2, 0.25) is 0 Å². The maximum atomic E-state index is 12.3. The molecule has 3 aromatic rings. The first-order valence-corrected chi connectivity index (χ1v) is 10.6. The molecule has 1 amide bonds. The van der Waals surface area contributed by atoms with Crippen molar-refractivity contribution >= 4 is 45.5 Å². The molecule has 0 saturated carbocycles. The molecule has 0 fully saturated rings. The van der Waals surface area contributed by atoms with Crippen molar-refractivity contribution in [2.75, 3.05) is 30.6 Å². The predicted octanol–water partition coefficient (Wildman–Crippen LogP) is 4.65. The largest absolute Gasteiger partial charge is 0.497 e. The molecular formula is C20H22N4O3S2. The van der Waals surface area contributed by atoms with Crippen molar-refractivity contribution in [3.63, 3.8) is 0 Å². The number of aryl methyl sites for hydroxylation is 2. The Balaban J connectivity index is 1.60. The van der Waals surface area contributed by atoms with E-state index in [4.69, 9.17) is 9.47 Å². The number of anilines is 3. The normalized spacial score (nSPS) is 10.5. The van der Waals surface area contributed by atoms with Crippen molar-refractivity contribution in [2.45, 2.75) is 18.2 Å². The summed E-state index contributed by atoms with van der Waals surface area (Å²) < 4.78 is 11.3. The summed E-state index contributed by atoms with van der Waals surface area (Å²) >= 11 is 2.71. The lowest BCUT2D eigenvalue weighted by Crippen LogP contribution is -2.15. The van der Waals surface area contributed by atoms with Crippen molar-refractivity contribution in [1.82, 2.24) is 10.2 Å². The first kappa shape index (κ1) is 20.9. The molecule has 2 aromatic carbocycles. The van der Waals surface area contributed by atoms with E-state index in [0.717, 1.165) is 22.5 Å². The highest BCUT2D eigenvalue weighted by Gasteiger charge is 2.12. The average molecular weight is 431 g/mol. The third-order valence-electron chi connectivity index (χ3n) is 4.13. The van der Waals surface area contributed by atoms with E-state index in [9.17, 15) is 4.79 Å². The number of amides is 1. The second kappa shape index (κ2) is 9.62. The molecule has 0 atom stereocenters. The Morgan fingerprint density at radius 1 is 1.10 bits per heavy atom. The van der Waals surface area contributed by atoms with Crippen LogP contribution in [0.1, 0.15) is 11.1 Å². The summed E-state index contributed by atoms with van der Waals surface area (Å²) in [6.45, 7) is 3.95. The molecule has 0 radical (unpaired) electrons. The SMILES string of the molecule is COc1ccc(OC)c(Nc2nnc(SCC(=O)Nc3c(C)cccc3C)s2)c1. The van der Waals surface area contributed by atoms with Crippen molar-refractivity contribution in [1.29, 1.82) is 0 Å². The zero-order valence-electron chi connectivity index (χ0n) is 16.6. The average Bonchev–Trinajstić information content (AvgIpc) is 3.16. The van der Waals surface area contributed by atoms with Gasteiger partial charge in [-0.05, 0) is 37.1 Å². The van der Waals surface area contributed by atoms with Crippen LogP contribution in [-0.4, -0.2) is 36.1 Å². The van der Waals surface area contributed by atoms with Crippen molar-refractivity contribution in [2.24, 2.45) is 0 Å². The van der Waals surface area contributed by atoms with Gasteiger partial charge in [0.25, 0.3) is 0 Å². The summed E-state index contributed by atoms with van der Waals surface area (Å²) in [6.07, 6.45) is 0. The fraction of sp³-hybridized carbons (Fsp3) is 0.250. The second-order valence-electron chi connectivity index (χ2n) is 6.17. The Kier molecular flexibility index (Phi) is 6.95. The number of methoxy groups -OCH3 is 2. The van der Waals surface area contributed by atoms with Gasteiger partial charge in [-0.2, -0.15) is 0 Å². The predicted molar refractivity (Wildman–Crippen MR) is 118 cm³/mol. The molecule has 0 aliphatic rings.